The summed E-state index contributed by atoms with van der Waals surface area (Å²) >= 11 is 0. The molecule has 1 aliphatic rings. The van der Waals surface area contributed by atoms with E-state index in [9.17, 15) is 19.5 Å². The van der Waals surface area contributed by atoms with Crippen molar-refractivity contribution < 1.29 is 19.5 Å². The minimum absolute atomic E-state index is 0.0255. The average Bonchev–Trinajstić information content (AvgIpc) is 2.65. The van der Waals surface area contributed by atoms with E-state index in [4.69, 9.17) is 0 Å². The molecule has 2 rings (SSSR count). The van der Waals surface area contributed by atoms with Gasteiger partial charge in [-0.3, -0.25) is 9.59 Å². The first kappa shape index (κ1) is 19.0. The van der Waals surface area contributed by atoms with Gasteiger partial charge in [0.2, 0.25) is 5.91 Å². The fourth-order valence-electron chi connectivity index (χ4n) is 3.06. The lowest BCUT2D eigenvalue weighted by Gasteiger charge is -2.32. The van der Waals surface area contributed by atoms with Crippen molar-refractivity contribution in [2.45, 2.75) is 39.2 Å². The summed E-state index contributed by atoms with van der Waals surface area (Å²) in [7, 11) is 0. The Kier molecular flexibility index (Phi) is 6.56. The number of likely N-dealkylation sites (tertiary alicyclic amines) is 1. The second-order valence-electron chi connectivity index (χ2n) is 6.64. The summed E-state index contributed by atoms with van der Waals surface area (Å²) in [6.07, 6.45) is 1.79. The second-order valence-corrected chi connectivity index (χ2v) is 6.64. The first-order chi connectivity index (χ1) is 11.9. The summed E-state index contributed by atoms with van der Waals surface area (Å²) in [5.74, 6) is -1.62. The summed E-state index contributed by atoms with van der Waals surface area (Å²) in [6, 6.07) is 8.23. The SMILES string of the molecule is CCC(C)C(NC(=O)C1CCN(C(=O)c2ccccc2)CC1)C(=O)O. The van der Waals surface area contributed by atoms with Gasteiger partial charge in [-0.2, -0.15) is 0 Å². The third-order valence-corrected chi connectivity index (χ3v) is 4.95. The maximum Gasteiger partial charge on any atom is 0.326 e. The van der Waals surface area contributed by atoms with Gasteiger partial charge in [0.15, 0.2) is 0 Å². The molecular weight excluding hydrogens is 320 g/mol. The number of carboxylic acids is 1. The van der Waals surface area contributed by atoms with E-state index in [-0.39, 0.29) is 23.7 Å². The van der Waals surface area contributed by atoms with Crippen LogP contribution in [0, 0.1) is 11.8 Å². The van der Waals surface area contributed by atoms with Crippen LogP contribution in [0.5, 0.6) is 0 Å². The second kappa shape index (κ2) is 8.65. The zero-order chi connectivity index (χ0) is 18.4. The lowest BCUT2D eigenvalue weighted by Crippen LogP contribution is -2.49. The third-order valence-electron chi connectivity index (χ3n) is 4.95. The Labute approximate surface area is 148 Å². The van der Waals surface area contributed by atoms with E-state index in [1.165, 1.54) is 0 Å². The number of nitrogens with zero attached hydrogens (tertiary/aromatic N) is 1. The summed E-state index contributed by atoms with van der Waals surface area (Å²) in [6.45, 7) is 4.74. The standard InChI is InChI=1S/C19H26N2O4/c1-3-13(2)16(19(24)25)20-17(22)14-9-11-21(12-10-14)18(23)15-7-5-4-6-8-15/h4-8,13-14,16H,3,9-12H2,1-2H3,(H,20,22)(H,24,25). The van der Waals surface area contributed by atoms with Crippen LogP contribution >= 0.6 is 0 Å². The molecule has 1 saturated heterocycles. The van der Waals surface area contributed by atoms with Crippen LogP contribution in [-0.2, 0) is 9.59 Å². The molecule has 0 bridgehead atoms. The van der Waals surface area contributed by atoms with Crippen molar-refractivity contribution in [1.82, 2.24) is 10.2 Å². The van der Waals surface area contributed by atoms with Crippen molar-refractivity contribution in [2.24, 2.45) is 11.8 Å². The Hall–Kier alpha value is -2.37. The van der Waals surface area contributed by atoms with E-state index in [2.05, 4.69) is 5.32 Å². The number of carbonyl (C=O) groups is 3. The molecule has 0 aromatic heterocycles. The highest BCUT2D eigenvalue weighted by Crippen LogP contribution is 2.20. The van der Waals surface area contributed by atoms with Crippen molar-refractivity contribution in [3.05, 3.63) is 35.9 Å². The predicted octanol–water partition coefficient (Wildman–Crippen LogP) is 2.15. The van der Waals surface area contributed by atoms with Crippen molar-refractivity contribution in [1.29, 1.82) is 0 Å². The minimum Gasteiger partial charge on any atom is -0.480 e. The molecule has 2 atom stereocenters. The molecule has 1 aromatic rings. The quantitative estimate of drug-likeness (QED) is 0.826. The van der Waals surface area contributed by atoms with Crippen LogP contribution in [0.4, 0.5) is 0 Å². The Morgan fingerprint density at radius 1 is 1.20 bits per heavy atom. The van der Waals surface area contributed by atoms with Gasteiger partial charge in [-0.25, -0.2) is 4.79 Å². The van der Waals surface area contributed by atoms with Gasteiger partial charge in [-0.15, -0.1) is 0 Å². The average molecular weight is 346 g/mol. The van der Waals surface area contributed by atoms with E-state index < -0.39 is 12.0 Å². The fraction of sp³-hybridized carbons (Fsp3) is 0.526. The number of aliphatic carboxylic acids is 1. The van der Waals surface area contributed by atoms with Crippen LogP contribution in [0.2, 0.25) is 0 Å². The number of carboxylic acid groups (broad SMARTS) is 1. The third kappa shape index (κ3) is 4.81. The van der Waals surface area contributed by atoms with Gasteiger partial charge in [0, 0.05) is 24.6 Å². The van der Waals surface area contributed by atoms with E-state index in [1.807, 2.05) is 32.0 Å². The van der Waals surface area contributed by atoms with Crippen LogP contribution in [0.3, 0.4) is 0 Å². The molecule has 6 nitrogen and oxygen atoms in total. The van der Waals surface area contributed by atoms with E-state index in [0.29, 0.717) is 37.9 Å². The molecule has 1 heterocycles. The van der Waals surface area contributed by atoms with Crippen molar-refractivity contribution in [3.8, 4) is 0 Å². The topological polar surface area (TPSA) is 86.7 Å². The Balaban J connectivity index is 1.90. The monoisotopic (exact) mass is 346 g/mol. The van der Waals surface area contributed by atoms with Gasteiger partial charge in [-0.1, -0.05) is 38.5 Å². The van der Waals surface area contributed by atoms with Gasteiger partial charge >= 0.3 is 5.97 Å². The molecule has 6 heteroatoms. The van der Waals surface area contributed by atoms with Crippen molar-refractivity contribution in [2.75, 3.05) is 13.1 Å². The number of hydrogen-bond acceptors (Lipinski definition) is 3. The number of amides is 2. The summed E-state index contributed by atoms with van der Waals surface area (Å²) in [4.78, 5) is 37.9. The van der Waals surface area contributed by atoms with Gasteiger partial charge < -0.3 is 15.3 Å². The Morgan fingerprint density at radius 3 is 2.32 bits per heavy atom. The first-order valence-electron chi connectivity index (χ1n) is 8.81. The lowest BCUT2D eigenvalue weighted by molar-refractivity contribution is -0.144. The molecule has 136 valence electrons. The normalized spacial score (nSPS) is 17.6. The predicted molar refractivity (Wildman–Crippen MR) is 94.1 cm³/mol. The minimum atomic E-state index is -1.00. The molecule has 1 aromatic carbocycles. The number of benzene rings is 1. The van der Waals surface area contributed by atoms with Gasteiger partial charge in [0.05, 0.1) is 0 Å². The molecule has 0 radical (unpaired) electrons. The Bertz CT molecular complexity index is 609. The summed E-state index contributed by atoms with van der Waals surface area (Å²) < 4.78 is 0. The molecule has 2 unspecified atom stereocenters. The molecule has 1 aliphatic heterocycles. The molecule has 1 fully saturated rings. The van der Waals surface area contributed by atoms with Crippen molar-refractivity contribution >= 4 is 17.8 Å². The first-order valence-corrected chi connectivity index (χ1v) is 8.81. The number of rotatable bonds is 6. The van der Waals surface area contributed by atoms with Crippen LogP contribution in [-0.4, -0.2) is 46.9 Å². The highest BCUT2D eigenvalue weighted by atomic mass is 16.4. The van der Waals surface area contributed by atoms with Crippen LogP contribution in [0.15, 0.2) is 30.3 Å². The lowest BCUT2D eigenvalue weighted by atomic mass is 9.93. The summed E-state index contributed by atoms with van der Waals surface area (Å²) in [5.41, 5.74) is 0.646. The number of hydrogen-bond donors (Lipinski definition) is 2. The number of piperidine rings is 1. The van der Waals surface area contributed by atoms with Crippen LogP contribution in [0.1, 0.15) is 43.5 Å². The summed E-state index contributed by atoms with van der Waals surface area (Å²) in [5, 5.41) is 12.0. The zero-order valence-electron chi connectivity index (χ0n) is 14.8. The Morgan fingerprint density at radius 2 is 1.80 bits per heavy atom. The van der Waals surface area contributed by atoms with Crippen LogP contribution in [0.25, 0.3) is 0 Å². The van der Waals surface area contributed by atoms with Crippen LogP contribution < -0.4 is 5.32 Å². The van der Waals surface area contributed by atoms with Gasteiger partial charge in [-0.05, 0) is 30.9 Å². The molecule has 0 saturated carbocycles. The molecular formula is C19H26N2O4. The largest absolute Gasteiger partial charge is 0.480 e. The molecule has 0 spiro atoms. The van der Waals surface area contributed by atoms with Crippen molar-refractivity contribution in [3.63, 3.8) is 0 Å². The van der Waals surface area contributed by atoms with Gasteiger partial charge in [0.25, 0.3) is 5.91 Å². The van der Waals surface area contributed by atoms with E-state index >= 15 is 0 Å². The highest BCUT2D eigenvalue weighted by Gasteiger charge is 2.31. The number of nitrogens with one attached hydrogen (secondary N) is 1. The smallest absolute Gasteiger partial charge is 0.326 e. The maximum atomic E-state index is 12.4. The van der Waals surface area contributed by atoms with E-state index in [1.54, 1.807) is 17.0 Å². The molecule has 25 heavy (non-hydrogen) atoms. The molecule has 2 amide bonds. The van der Waals surface area contributed by atoms with E-state index in [0.717, 1.165) is 0 Å². The number of carbonyl (C=O) groups excluding carboxylic acids is 2. The van der Waals surface area contributed by atoms with Gasteiger partial charge in [0.1, 0.15) is 6.04 Å². The molecule has 0 aliphatic carbocycles. The zero-order valence-corrected chi connectivity index (χ0v) is 14.8. The highest BCUT2D eigenvalue weighted by molar-refractivity contribution is 5.94. The fourth-order valence-corrected chi connectivity index (χ4v) is 3.06. The maximum absolute atomic E-state index is 12.4. The molecule has 2 N–H and O–H groups in total.